The molecular formula is C10H13FN2OS. The highest BCUT2D eigenvalue weighted by Crippen LogP contribution is 2.19. The number of nitrogens with two attached hydrogens (primary N) is 1. The molecule has 5 heteroatoms. The van der Waals surface area contributed by atoms with Crippen LogP contribution in [0.4, 0.5) is 4.39 Å². The minimum atomic E-state index is -0.236. The Labute approximate surface area is 92.2 Å². The van der Waals surface area contributed by atoms with Gasteiger partial charge in [-0.1, -0.05) is 6.07 Å². The third-order valence-electron chi connectivity index (χ3n) is 1.77. The molecule has 3 N–H and O–H groups in total. The van der Waals surface area contributed by atoms with Crippen LogP contribution in [0.3, 0.4) is 0 Å². The van der Waals surface area contributed by atoms with Crippen molar-refractivity contribution in [3.05, 3.63) is 30.1 Å². The molecule has 0 spiro atoms. The third-order valence-corrected chi connectivity index (χ3v) is 2.85. The Morgan fingerprint density at radius 2 is 2.33 bits per heavy atom. The van der Waals surface area contributed by atoms with Crippen molar-refractivity contribution in [1.29, 1.82) is 0 Å². The van der Waals surface area contributed by atoms with Crippen LogP contribution < -0.4 is 11.3 Å². The normalized spacial score (nSPS) is 10.0. The number of nitrogens with one attached hydrogen (secondary N) is 1. The molecule has 0 bridgehead atoms. The van der Waals surface area contributed by atoms with Gasteiger partial charge in [0.05, 0.1) is 0 Å². The quantitative estimate of drug-likeness (QED) is 0.265. The molecule has 0 unspecified atom stereocenters. The van der Waals surface area contributed by atoms with Gasteiger partial charge < -0.3 is 0 Å². The van der Waals surface area contributed by atoms with Gasteiger partial charge in [-0.3, -0.25) is 10.2 Å². The molecule has 1 amide bonds. The summed E-state index contributed by atoms with van der Waals surface area (Å²) in [6, 6.07) is 6.40. The molecule has 15 heavy (non-hydrogen) atoms. The fourth-order valence-corrected chi connectivity index (χ4v) is 1.95. The first-order chi connectivity index (χ1) is 7.22. The van der Waals surface area contributed by atoms with Crippen LogP contribution >= 0.6 is 11.8 Å². The van der Waals surface area contributed by atoms with E-state index in [1.807, 2.05) is 6.07 Å². The van der Waals surface area contributed by atoms with Crippen LogP contribution in [0.2, 0.25) is 0 Å². The maximum Gasteiger partial charge on any atom is 0.233 e. The molecule has 1 aromatic rings. The first-order valence-corrected chi connectivity index (χ1v) is 5.59. The summed E-state index contributed by atoms with van der Waals surface area (Å²) < 4.78 is 12.8. The van der Waals surface area contributed by atoms with E-state index in [0.29, 0.717) is 6.42 Å². The fraction of sp³-hybridized carbons (Fsp3) is 0.300. The average Bonchev–Trinajstić information content (AvgIpc) is 2.24. The van der Waals surface area contributed by atoms with E-state index in [0.717, 1.165) is 17.1 Å². The molecule has 0 saturated heterocycles. The number of thioether (sulfide) groups is 1. The zero-order chi connectivity index (χ0) is 11.1. The monoisotopic (exact) mass is 228 g/mol. The molecule has 0 heterocycles. The molecule has 3 nitrogen and oxygen atoms in total. The average molecular weight is 228 g/mol. The molecule has 0 radical (unpaired) electrons. The smallest absolute Gasteiger partial charge is 0.233 e. The van der Waals surface area contributed by atoms with Crippen molar-refractivity contribution in [2.75, 3.05) is 5.75 Å². The Kier molecular flexibility index (Phi) is 5.14. The molecule has 1 aromatic carbocycles. The van der Waals surface area contributed by atoms with E-state index in [1.54, 1.807) is 6.07 Å². The number of hydrogen-bond acceptors (Lipinski definition) is 3. The number of hydrazine groups is 1. The SMILES string of the molecule is NNC(=O)CCCSc1cccc(F)c1. The Morgan fingerprint density at radius 1 is 1.53 bits per heavy atom. The largest absolute Gasteiger partial charge is 0.294 e. The fourth-order valence-electron chi connectivity index (χ4n) is 1.05. The van der Waals surface area contributed by atoms with E-state index in [2.05, 4.69) is 5.43 Å². The number of rotatable bonds is 5. The number of carbonyl (C=O) groups is 1. The van der Waals surface area contributed by atoms with Crippen LogP contribution in [0.5, 0.6) is 0 Å². The van der Waals surface area contributed by atoms with Gasteiger partial charge in [-0.25, -0.2) is 10.2 Å². The standard InChI is InChI=1S/C10H13FN2OS/c11-8-3-1-4-9(7-8)15-6-2-5-10(14)13-12/h1,3-4,7H,2,5-6,12H2,(H,13,14). The van der Waals surface area contributed by atoms with Gasteiger partial charge in [0.25, 0.3) is 0 Å². The molecule has 0 aliphatic carbocycles. The highest BCUT2D eigenvalue weighted by molar-refractivity contribution is 7.99. The van der Waals surface area contributed by atoms with E-state index in [4.69, 9.17) is 5.84 Å². The lowest BCUT2D eigenvalue weighted by Crippen LogP contribution is -2.29. The minimum absolute atomic E-state index is 0.171. The Morgan fingerprint density at radius 3 is 3.00 bits per heavy atom. The van der Waals surface area contributed by atoms with Gasteiger partial charge in [0.1, 0.15) is 5.82 Å². The van der Waals surface area contributed by atoms with Gasteiger partial charge in [0, 0.05) is 11.3 Å². The number of amides is 1. The maximum absolute atomic E-state index is 12.8. The van der Waals surface area contributed by atoms with Crippen LogP contribution in [0.15, 0.2) is 29.2 Å². The van der Waals surface area contributed by atoms with Crippen LogP contribution in [0.25, 0.3) is 0 Å². The number of benzene rings is 1. The van der Waals surface area contributed by atoms with Crippen molar-refractivity contribution >= 4 is 17.7 Å². The Balaban J connectivity index is 2.23. The number of carbonyl (C=O) groups excluding carboxylic acids is 1. The van der Waals surface area contributed by atoms with Crippen molar-refractivity contribution in [2.24, 2.45) is 5.84 Å². The Bertz CT molecular complexity index is 333. The Hall–Kier alpha value is -1.07. The minimum Gasteiger partial charge on any atom is -0.294 e. The van der Waals surface area contributed by atoms with Crippen molar-refractivity contribution in [2.45, 2.75) is 17.7 Å². The summed E-state index contributed by atoms with van der Waals surface area (Å²) in [5, 5.41) is 0. The lowest BCUT2D eigenvalue weighted by Gasteiger charge is -2.01. The summed E-state index contributed by atoms with van der Waals surface area (Å²) in [4.78, 5) is 11.6. The van der Waals surface area contributed by atoms with Gasteiger partial charge in [0.2, 0.25) is 5.91 Å². The van der Waals surface area contributed by atoms with Crippen molar-refractivity contribution < 1.29 is 9.18 Å². The molecule has 0 fully saturated rings. The summed E-state index contributed by atoms with van der Waals surface area (Å²) >= 11 is 1.53. The summed E-state index contributed by atoms with van der Waals surface area (Å²) in [5.74, 6) is 5.30. The molecule has 1 rings (SSSR count). The molecule has 0 atom stereocenters. The number of halogens is 1. The second-order valence-electron chi connectivity index (χ2n) is 2.98. The predicted molar refractivity (Wildman–Crippen MR) is 58.7 cm³/mol. The first kappa shape index (κ1) is 12.0. The first-order valence-electron chi connectivity index (χ1n) is 4.60. The van der Waals surface area contributed by atoms with Crippen LogP contribution in [0, 0.1) is 5.82 Å². The molecular weight excluding hydrogens is 215 g/mol. The zero-order valence-electron chi connectivity index (χ0n) is 8.20. The topological polar surface area (TPSA) is 55.1 Å². The van der Waals surface area contributed by atoms with E-state index < -0.39 is 0 Å². The predicted octanol–water partition coefficient (Wildman–Crippen LogP) is 1.69. The molecule has 0 aliphatic heterocycles. The van der Waals surface area contributed by atoms with E-state index in [-0.39, 0.29) is 11.7 Å². The van der Waals surface area contributed by atoms with Gasteiger partial charge in [0.15, 0.2) is 0 Å². The van der Waals surface area contributed by atoms with Crippen LogP contribution in [0.1, 0.15) is 12.8 Å². The highest BCUT2D eigenvalue weighted by Gasteiger charge is 1.99. The summed E-state index contributed by atoms with van der Waals surface area (Å²) in [7, 11) is 0. The van der Waals surface area contributed by atoms with E-state index >= 15 is 0 Å². The van der Waals surface area contributed by atoms with Crippen LogP contribution in [-0.2, 0) is 4.79 Å². The maximum atomic E-state index is 12.8. The molecule has 0 saturated carbocycles. The second-order valence-corrected chi connectivity index (χ2v) is 4.15. The lowest BCUT2D eigenvalue weighted by atomic mass is 10.3. The molecule has 0 aromatic heterocycles. The van der Waals surface area contributed by atoms with Crippen LogP contribution in [-0.4, -0.2) is 11.7 Å². The van der Waals surface area contributed by atoms with Crippen molar-refractivity contribution in [1.82, 2.24) is 5.43 Å². The summed E-state index contributed by atoms with van der Waals surface area (Å²) in [5.41, 5.74) is 2.06. The highest BCUT2D eigenvalue weighted by atomic mass is 32.2. The summed E-state index contributed by atoms with van der Waals surface area (Å²) in [6.45, 7) is 0. The molecule has 0 aliphatic rings. The van der Waals surface area contributed by atoms with Gasteiger partial charge in [-0.05, 0) is 30.4 Å². The van der Waals surface area contributed by atoms with Gasteiger partial charge >= 0.3 is 0 Å². The lowest BCUT2D eigenvalue weighted by molar-refractivity contribution is -0.121. The van der Waals surface area contributed by atoms with Crippen molar-refractivity contribution in [3.63, 3.8) is 0 Å². The third kappa shape index (κ3) is 4.80. The van der Waals surface area contributed by atoms with E-state index in [1.165, 1.54) is 23.9 Å². The number of hydrogen-bond donors (Lipinski definition) is 2. The van der Waals surface area contributed by atoms with E-state index in [9.17, 15) is 9.18 Å². The second kappa shape index (κ2) is 6.42. The van der Waals surface area contributed by atoms with Gasteiger partial charge in [-0.15, -0.1) is 11.8 Å². The molecule has 82 valence electrons. The van der Waals surface area contributed by atoms with Crippen molar-refractivity contribution in [3.8, 4) is 0 Å². The van der Waals surface area contributed by atoms with Gasteiger partial charge in [-0.2, -0.15) is 0 Å². The summed E-state index contributed by atoms with van der Waals surface area (Å²) in [6.07, 6.45) is 1.13. The zero-order valence-corrected chi connectivity index (χ0v) is 9.02.